The largest absolute Gasteiger partial charge is 0.496 e. The van der Waals surface area contributed by atoms with Crippen LogP contribution in [0.2, 0.25) is 0 Å². The Bertz CT molecular complexity index is 452. The quantitative estimate of drug-likeness (QED) is 0.789. The molecule has 3 heteroatoms. The Hall–Kier alpha value is -1.06. The second-order valence-electron chi connectivity index (χ2n) is 6.28. The van der Waals surface area contributed by atoms with Crippen LogP contribution in [0, 0.1) is 5.92 Å². The second-order valence-corrected chi connectivity index (χ2v) is 6.28. The van der Waals surface area contributed by atoms with Crippen LogP contribution in [0.25, 0.3) is 0 Å². The standard InChI is InChI=1S/C17H26N2O/c1-18-10-14-5-8-17(20-2)15(9-14)12-19(16-6-7-16)11-13-3-4-13/h5,8-9,13,16,18H,3-4,6-7,10-12H2,1-2H3. The van der Waals surface area contributed by atoms with Crippen molar-refractivity contribution in [2.75, 3.05) is 20.7 Å². The number of hydrogen-bond acceptors (Lipinski definition) is 3. The molecule has 0 bridgehead atoms. The summed E-state index contributed by atoms with van der Waals surface area (Å²) in [7, 11) is 3.77. The Morgan fingerprint density at radius 1 is 1.25 bits per heavy atom. The van der Waals surface area contributed by atoms with E-state index in [2.05, 4.69) is 28.4 Å². The van der Waals surface area contributed by atoms with Gasteiger partial charge in [-0.1, -0.05) is 6.07 Å². The Labute approximate surface area is 122 Å². The normalized spacial score (nSPS) is 18.6. The molecule has 2 fully saturated rings. The average Bonchev–Trinajstić information content (AvgIpc) is 3.32. The summed E-state index contributed by atoms with van der Waals surface area (Å²) in [5, 5.41) is 3.22. The zero-order valence-corrected chi connectivity index (χ0v) is 12.7. The van der Waals surface area contributed by atoms with E-state index in [0.717, 1.165) is 30.8 Å². The minimum atomic E-state index is 0.827. The van der Waals surface area contributed by atoms with Gasteiger partial charge in [-0.05, 0) is 56.3 Å². The van der Waals surface area contributed by atoms with Crippen LogP contribution in [0.1, 0.15) is 36.8 Å². The summed E-state index contributed by atoms with van der Waals surface area (Å²) in [4.78, 5) is 2.68. The molecule has 0 spiro atoms. The number of benzene rings is 1. The first-order chi connectivity index (χ1) is 9.80. The van der Waals surface area contributed by atoms with Gasteiger partial charge in [-0.15, -0.1) is 0 Å². The SMILES string of the molecule is CNCc1ccc(OC)c(CN(CC2CC2)C2CC2)c1. The van der Waals surface area contributed by atoms with Crippen molar-refractivity contribution in [3.8, 4) is 5.75 Å². The highest BCUT2D eigenvalue weighted by molar-refractivity contribution is 5.37. The average molecular weight is 274 g/mol. The van der Waals surface area contributed by atoms with E-state index in [-0.39, 0.29) is 0 Å². The molecule has 2 aliphatic rings. The monoisotopic (exact) mass is 274 g/mol. The third kappa shape index (κ3) is 3.53. The van der Waals surface area contributed by atoms with Crippen LogP contribution in [0.4, 0.5) is 0 Å². The first-order valence-corrected chi connectivity index (χ1v) is 7.84. The van der Waals surface area contributed by atoms with Crippen LogP contribution in [0.3, 0.4) is 0 Å². The van der Waals surface area contributed by atoms with Gasteiger partial charge >= 0.3 is 0 Å². The molecule has 0 unspecified atom stereocenters. The number of methoxy groups -OCH3 is 1. The van der Waals surface area contributed by atoms with Crippen molar-refractivity contribution in [3.63, 3.8) is 0 Å². The molecule has 0 heterocycles. The van der Waals surface area contributed by atoms with E-state index in [0.29, 0.717) is 0 Å². The molecule has 0 amide bonds. The molecule has 0 radical (unpaired) electrons. The highest BCUT2D eigenvalue weighted by Crippen LogP contribution is 2.36. The first kappa shape index (κ1) is 13.9. The zero-order valence-electron chi connectivity index (χ0n) is 12.7. The molecule has 1 aromatic carbocycles. The van der Waals surface area contributed by atoms with Crippen LogP contribution in [0.5, 0.6) is 5.75 Å². The summed E-state index contributed by atoms with van der Waals surface area (Å²) in [5.74, 6) is 1.99. The number of hydrogen-bond donors (Lipinski definition) is 1. The maximum Gasteiger partial charge on any atom is 0.123 e. The molecule has 3 rings (SSSR count). The number of rotatable bonds is 8. The summed E-state index contributed by atoms with van der Waals surface area (Å²) >= 11 is 0. The fourth-order valence-electron chi connectivity index (χ4n) is 2.90. The summed E-state index contributed by atoms with van der Waals surface area (Å²) in [5.41, 5.74) is 2.68. The van der Waals surface area contributed by atoms with Crippen molar-refractivity contribution in [2.24, 2.45) is 5.92 Å². The molecule has 2 aliphatic carbocycles. The van der Waals surface area contributed by atoms with E-state index < -0.39 is 0 Å². The lowest BCUT2D eigenvalue weighted by Crippen LogP contribution is -2.28. The molecule has 0 aliphatic heterocycles. The number of nitrogens with one attached hydrogen (secondary N) is 1. The van der Waals surface area contributed by atoms with E-state index in [4.69, 9.17) is 4.74 Å². The predicted octanol–water partition coefficient (Wildman–Crippen LogP) is 2.79. The topological polar surface area (TPSA) is 24.5 Å². The van der Waals surface area contributed by atoms with Crippen molar-refractivity contribution in [3.05, 3.63) is 29.3 Å². The van der Waals surface area contributed by atoms with Gasteiger partial charge in [0, 0.05) is 31.2 Å². The second kappa shape index (κ2) is 6.15. The third-order valence-electron chi connectivity index (χ3n) is 4.35. The van der Waals surface area contributed by atoms with Gasteiger partial charge in [0.05, 0.1) is 7.11 Å². The smallest absolute Gasteiger partial charge is 0.123 e. The van der Waals surface area contributed by atoms with Crippen molar-refractivity contribution >= 4 is 0 Å². The molecule has 0 atom stereocenters. The van der Waals surface area contributed by atoms with E-state index in [1.165, 1.54) is 43.4 Å². The van der Waals surface area contributed by atoms with Gasteiger partial charge in [0.1, 0.15) is 5.75 Å². The Balaban J connectivity index is 1.73. The first-order valence-electron chi connectivity index (χ1n) is 7.84. The summed E-state index contributed by atoms with van der Waals surface area (Å²) in [6.07, 6.45) is 5.62. The molecular formula is C17H26N2O. The number of nitrogens with zero attached hydrogens (tertiary/aromatic N) is 1. The molecule has 0 aromatic heterocycles. The van der Waals surface area contributed by atoms with Gasteiger partial charge in [-0.2, -0.15) is 0 Å². The maximum atomic E-state index is 5.55. The molecular weight excluding hydrogens is 248 g/mol. The fraction of sp³-hybridized carbons (Fsp3) is 0.647. The van der Waals surface area contributed by atoms with Crippen LogP contribution < -0.4 is 10.1 Å². The molecule has 110 valence electrons. The molecule has 20 heavy (non-hydrogen) atoms. The highest BCUT2D eigenvalue weighted by atomic mass is 16.5. The van der Waals surface area contributed by atoms with Gasteiger partial charge in [0.15, 0.2) is 0 Å². The molecule has 1 N–H and O–H groups in total. The van der Waals surface area contributed by atoms with Crippen molar-refractivity contribution in [2.45, 2.75) is 44.8 Å². The summed E-state index contributed by atoms with van der Waals surface area (Å²) in [6.45, 7) is 3.25. The summed E-state index contributed by atoms with van der Waals surface area (Å²) < 4.78 is 5.55. The molecule has 1 aromatic rings. The highest BCUT2D eigenvalue weighted by Gasteiger charge is 2.33. The molecule has 0 saturated heterocycles. The van der Waals surface area contributed by atoms with E-state index >= 15 is 0 Å². The fourth-order valence-corrected chi connectivity index (χ4v) is 2.90. The lowest BCUT2D eigenvalue weighted by atomic mass is 10.1. The molecule has 3 nitrogen and oxygen atoms in total. The lowest BCUT2D eigenvalue weighted by molar-refractivity contribution is 0.240. The van der Waals surface area contributed by atoms with Crippen molar-refractivity contribution in [1.29, 1.82) is 0 Å². The Morgan fingerprint density at radius 3 is 2.65 bits per heavy atom. The van der Waals surface area contributed by atoms with Crippen LogP contribution in [-0.4, -0.2) is 31.6 Å². The van der Waals surface area contributed by atoms with Crippen molar-refractivity contribution < 1.29 is 4.74 Å². The van der Waals surface area contributed by atoms with Gasteiger partial charge in [0.2, 0.25) is 0 Å². The predicted molar refractivity (Wildman–Crippen MR) is 81.9 cm³/mol. The Kier molecular flexibility index (Phi) is 4.27. The van der Waals surface area contributed by atoms with Gasteiger partial charge in [-0.25, -0.2) is 0 Å². The molecule has 2 saturated carbocycles. The number of ether oxygens (including phenoxy) is 1. The van der Waals surface area contributed by atoms with E-state index in [1.807, 2.05) is 7.05 Å². The third-order valence-corrected chi connectivity index (χ3v) is 4.35. The lowest BCUT2D eigenvalue weighted by Gasteiger charge is -2.23. The van der Waals surface area contributed by atoms with Crippen LogP contribution in [-0.2, 0) is 13.1 Å². The van der Waals surface area contributed by atoms with Crippen LogP contribution in [0.15, 0.2) is 18.2 Å². The van der Waals surface area contributed by atoms with Crippen molar-refractivity contribution in [1.82, 2.24) is 10.2 Å². The van der Waals surface area contributed by atoms with E-state index in [9.17, 15) is 0 Å². The minimum Gasteiger partial charge on any atom is -0.496 e. The van der Waals surface area contributed by atoms with Crippen LogP contribution >= 0.6 is 0 Å². The van der Waals surface area contributed by atoms with Gasteiger partial charge < -0.3 is 10.1 Å². The minimum absolute atomic E-state index is 0.827. The summed E-state index contributed by atoms with van der Waals surface area (Å²) in [6, 6.07) is 7.40. The van der Waals surface area contributed by atoms with E-state index in [1.54, 1.807) is 7.11 Å². The maximum absolute atomic E-state index is 5.55. The van der Waals surface area contributed by atoms with Gasteiger partial charge in [-0.3, -0.25) is 4.90 Å². The Morgan fingerprint density at radius 2 is 2.05 bits per heavy atom. The zero-order chi connectivity index (χ0) is 13.9. The van der Waals surface area contributed by atoms with Gasteiger partial charge in [0.25, 0.3) is 0 Å².